The van der Waals surface area contributed by atoms with Crippen molar-refractivity contribution < 1.29 is 5.11 Å². The van der Waals surface area contributed by atoms with Crippen molar-refractivity contribution in [2.24, 2.45) is 14.1 Å². The van der Waals surface area contributed by atoms with E-state index in [0.717, 1.165) is 27.6 Å². The molecule has 0 bridgehead atoms. The van der Waals surface area contributed by atoms with E-state index in [2.05, 4.69) is 10.9 Å². The van der Waals surface area contributed by atoms with Crippen molar-refractivity contribution in [2.75, 3.05) is 0 Å². The summed E-state index contributed by atoms with van der Waals surface area (Å²) in [5, 5.41) is 13.9. The molecule has 0 radical (unpaired) electrons. The summed E-state index contributed by atoms with van der Waals surface area (Å²) < 4.78 is 3.43. The van der Waals surface area contributed by atoms with Crippen LogP contribution in [0.3, 0.4) is 0 Å². The number of benzene rings is 3. The van der Waals surface area contributed by atoms with Crippen LogP contribution in [0.4, 0.5) is 0 Å². The molecule has 0 aliphatic carbocycles. The van der Waals surface area contributed by atoms with Gasteiger partial charge >= 0.3 is 0 Å². The van der Waals surface area contributed by atoms with Gasteiger partial charge in [0.2, 0.25) is 0 Å². The first-order valence-corrected chi connectivity index (χ1v) is 11.8. The third-order valence-electron chi connectivity index (χ3n) is 6.73. The topological polar surface area (TPSA) is 60.1 Å². The van der Waals surface area contributed by atoms with Crippen molar-refractivity contribution in [3.63, 3.8) is 0 Å². The molecule has 0 saturated carbocycles. The molecule has 0 aliphatic rings. The maximum Gasteiger partial charge on any atom is 0.251 e. The number of aliphatic hydroxyl groups is 1. The number of aryl methyl sites for hydroxylation is 3. The van der Waals surface area contributed by atoms with Crippen molar-refractivity contribution in [2.45, 2.75) is 12.5 Å². The molecular weight excluding hydrogens is 470 g/mol. The Labute approximate surface area is 214 Å². The minimum absolute atomic E-state index is 0.133. The van der Waals surface area contributed by atoms with Crippen LogP contribution in [0.25, 0.3) is 22.0 Å². The average molecular weight is 494 g/mol. The van der Waals surface area contributed by atoms with Gasteiger partial charge in [-0.25, -0.2) is 4.98 Å². The van der Waals surface area contributed by atoms with E-state index in [9.17, 15) is 9.90 Å². The van der Waals surface area contributed by atoms with Gasteiger partial charge in [0, 0.05) is 36.1 Å². The van der Waals surface area contributed by atoms with Crippen LogP contribution in [-0.4, -0.2) is 19.2 Å². The largest absolute Gasteiger partial charge is 0.374 e. The SMILES string of the molecule is C#Cc1cccc(-c2cc(=O)n(C)c3ccc(C(O)(c4ccc(Cl)cc4)c4c(C)ncn4C)cc23)c1. The third kappa shape index (κ3) is 3.72. The van der Waals surface area contributed by atoms with E-state index in [4.69, 9.17) is 18.0 Å². The maximum absolute atomic E-state index is 12.8. The van der Waals surface area contributed by atoms with E-state index < -0.39 is 5.60 Å². The summed E-state index contributed by atoms with van der Waals surface area (Å²) in [6.07, 6.45) is 7.32. The zero-order valence-electron chi connectivity index (χ0n) is 20.2. The van der Waals surface area contributed by atoms with Gasteiger partial charge in [-0.15, -0.1) is 6.42 Å². The molecule has 1 atom stereocenters. The third-order valence-corrected chi connectivity index (χ3v) is 6.98. The summed E-state index contributed by atoms with van der Waals surface area (Å²) in [4.78, 5) is 17.3. The summed E-state index contributed by atoms with van der Waals surface area (Å²) >= 11 is 6.17. The molecule has 3 aromatic carbocycles. The summed E-state index contributed by atoms with van der Waals surface area (Å²) in [5.41, 5.74) is 4.02. The fourth-order valence-corrected chi connectivity index (χ4v) is 5.02. The molecule has 5 rings (SSSR count). The van der Waals surface area contributed by atoms with Gasteiger partial charge in [0.1, 0.15) is 0 Å². The highest BCUT2D eigenvalue weighted by atomic mass is 35.5. The maximum atomic E-state index is 12.8. The molecular formula is C30H24ClN3O2. The Balaban J connectivity index is 1.86. The number of fused-ring (bicyclic) bond motifs is 1. The van der Waals surface area contributed by atoms with Gasteiger partial charge in [-0.1, -0.05) is 47.9 Å². The van der Waals surface area contributed by atoms with Crippen LogP contribution in [0.1, 0.15) is 28.1 Å². The van der Waals surface area contributed by atoms with Crippen molar-refractivity contribution in [3.05, 3.63) is 123 Å². The lowest BCUT2D eigenvalue weighted by molar-refractivity contribution is 0.117. The predicted molar refractivity (Wildman–Crippen MR) is 144 cm³/mol. The van der Waals surface area contributed by atoms with Crippen molar-refractivity contribution in [1.29, 1.82) is 0 Å². The van der Waals surface area contributed by atoms with Crippen molar-refractivity contribution in [3.8, 4) is 23.5 Å². The summed E-state index contributed by atoms with van der Waals surface area (Å²) in [6.45, 7) is 1.87. The number of hydrogen-bond donors (Lipinski definition) is 1. The first kappa shape index (κ1) is 23.6. The lowest BCUT2D eigenvalue weighted by atomic mass is 9.81. The molecule has 0 spiro atoms. The molecule has 2 heterocycles. The molecule has 5 aromatic rings. The highest BCUT2D eigenvalue weighted by molar-refractivity contribution is 6.30. The van der Waals surface area contributed by atoms with Crippen LogP contribution in [0, 0.1) is 19.3 Å². The standard InChI is InChI=1S/C30H24ClN3O2/c1-5-20-7-6-8-21(15-20)25-17-28(35)34(4)27-14-11-23(16-26(25)27)30(36,22-9-12-24(31)13-10-22)29-19(2)32-18-33(29)3/h1,6-18,36H,2-4H3. The second kappa shape index (κ2) is 8.83. The Morgan fingerprint density at radius 3 is 2.39 bits per heavy atom. The summed E-state index contributed by atoms with van der Waals surface area (Å²) in [6, 6.07) is 22.0. The Hall–Kier alpha value is -4.11. The van der Waals surface area contributed by atoms with E-state index in [1.165, 1.54) is 0 Å². The normalized spacial score (nSPS) is 12.9. The molecule has 0 fully saturated rings. The van der Waals surface area contributed by atoms with E-state index in [0.29, 0.717) is 27.5 Å². The first-order chi connectivity index (χ1) is 17.2. The van der Waals surface area contributed by atoms with Gasteiger partial charge < -0.3 is 14.2 Å². The van der Waals surface area contributed by atoms with Gasteiger partial charge in [0.25, 0.3) is 5.56 Å². The smallest absolute Gasteiger partial charge is 0.251 e. The molecule has 1 N–H and O–H groups in total. The number of rotatable bonds is 4. The Bertz CT molecular complexity index is 1710. The first-order valence-electron chi connectivity index (χ1n) is 11.4. The van der Waals surface area contributed by atoms with Gasteiger partial charge in [-0.05, 0) is 65.6 Å². The minimum Gasteiger partial charge on any atom is -0.374 e. The second-order valence-corrected chi connectivity index (χ2v) is 9.36. The Morgan fingerprint density at radius 2 is 1.72 bits per heavy atom. The molecule has 0 saturated heterocycles. The highest BCUT2D eigenvalue weighted by Crippen LogP contribution is 2.40. The molecule has 6 heteroatoms. The minimum atomic E-state index is -1.53. The van der Waals surface area contributed by atoms with Crippen molar-refractivity contribution >= 4 is 22.5 Å². The molecule has 5 nitrogen and oxygen atoms in total. The van der Waals surface area contributed by atoms with Crippen LogP contribution >= 0.6 is 11.6 Å². The molecule has 178 valence electrons. The quantitative estimate of drug-likeness (QED) is 0.351. The number of terminal acetylenes is 1. The van der Waals surface area contributed by atoms with Crippen LogP contribution in [0.2, 0.25) is 5.02 Å². The summed E-state index contributed by atoms with van der Waals surface area (Å²) in [5.74, 6) is 2.66. The molecule has 36 heavy (non-hydrogen) atoms. The van der Waals surface area contributed by atoms with Crippen molar-refractivity contribution in [1.82, 2.24) is 14.1 Å². The second-order valence-electron chi connectivity index (χ2n) is 8.92. The zero-order valence-corrected chi connectivity index (χ0v) is 20.9. The lowest BCUT2D eigenvalue weighted by Crippen LogP contribution is -2.32. The number of aromatic nitrogens is 3. The van der Waals surface area contributed by atoms with Gasteiger partial charge in [-0.3, -0.25) is 4.79 Å². The van der Waals surface area contributed by atoms with Gasteiger partial charge in [0.05, 0.1) is 23.2 Å². The average Bonchev–Trinajstić information content (AvgIpc) is 3.24. The molecule has 0 aliphatic heterocycles. The number of hydrogen-bond acceptors (Lipinski definition) is 3. The number of halogens is 1. The van der Waals surface area contributed by atoms with E-state index in [-0.39, 0.29) is 5.56 Å². The van der Waals surface area contributed by atoms with Gasteiger partial charge in [0.15, 0.2) is 5.60 Å². The predicted octanol–water partition coefficient (Wildman–Crippen LogP) is 5.17. The van der Waals surface area contributed by atoms with Crippen LogP contribution in [0.5, 0.6) is 0 Å². The lowest BCUT2D eigenvalue weighted by Gasteiger charge is -2.31. The fourth-order valence-electron chi connectivity index (χ4n) is 4.90. The van der Waals surface area contributed by atoms with Crippen LogP contribution in [-0.2, 0) is 19.7 Å². The van der Waals surface area contributed by atoms with Gasteiger partial charge in [-0.2, -0.15) is 0 Å². The van der Waals surface area contributed by atoms with E-state index in [1.54, 1.807) is 36.1 Å². The van der Waals surface area contributed by atoms with E-state index in [1.807, 2.05) is 73.1 Å². The monoisotopic (exact) mass is 493 g/mol. The van der Waals surface area contributed by atoms with E-state index >= 15 is 0 Å². The van der Waals surface area contributed by atoms with Crippen LogP contribution < -0.4 is 5.56 Å². The molecule has 2 aromatic heterocycles. The Morgan fingerprint density at radius 1 is 1.00 bits per heavy atom. The zero-order chi connectivity index (χ0) is 25.6. The number of imidazole rings is 1. The highest BCUT2D eigenvalue weighted by Gasteiger charge is 2.38. The van der Waals surface area contributed by atoms with Crippen LogP contribution in [0.15, 0.2) is 83.9 Å². The molecule has 0 amide bonds. The number of nitrogens with zero attached hydrogens (tertiary/aromatic N) is 3. The fraction of sp³-hybridized carbons (Fsp3) is 0.133. The molecule has 1 unspecified atom stereocenters. The number of pyridine rings is 1. The Kier molecular flexibility index (Phi) is 5.80. The summed E-state index contributed by atoms with van der Waals surface area (Å²) in [7, 11) is 3.60.